The first kappa shape index (κ1) is 22.1. The maximum absolute atomic E-state index is 12.9. The first-order valence-corrected chi connectivity index (χ1v) is 10.6. The molecule has 2 heterocycles. The Morgan fingerprint density at radius 1 is 1.06 bits per heavy atom. The third-order valence-corrected chi connectivity index (χ3v) is 5.02. The predicted octanol–water partition coefficient (Wildman–Crippen LogP) is 5.60. The Bertz CT molecular complexity index is 1260. The van der Waals surface area contributed by atoms with Gasteiger partial charge in [0.2, 0.25) is 0 Å². The molecule has 0 aliphatic carbocycles. The molecule has 170 valence electrons. The van der Waals surface area contributed by atoms with Crippen molar-refractivity contribution < 1.29 is 23.2 Å². The summed E-state index contributed by atoms with van der Waals surface area (Å²) in [4.78, 5) is 17.4. The third kappa shape index (κ3) is 4.90. The van der Waals surface area contributed by atoms with Crippen molar-refractivity contribution in [1.82, 2.24) is 10.1 Å². The van der Waals surface area contributed by atoms with Gasteiger partial charge >= 0.3 is 0 Å². The average molecular weight is 447 g/mol. The molecule has 0 fully saturated rings. The Labute approximate surface area is 191 Å². The van der Waals surface area contributed by atoms with E-state index in [9.17, 15) is 4.79 Å². The van der Waals surface area contributed by atoms with Crippen LogP contribution in [0.2, 0.25) is 0 Å². The fourth-order valence-corrected chi connectivity index (χ4v) is 3.23. The second kappa shape index (κ2) is 9.60. The summed E-state index contributed by atoms with van der Waals surface area (Å²) in [5, 5.41) is 6.94. The number of anilines is 1. The molecule has 4 rings (SSSR count). The van der Waals surface area contributed by atoms with Crippen LogP contribution >= 0.6 is 0 Å². The highest BCUT2D eigenvalue weighted by molar-refractivity contribution is 6.04. The summed E-state index contributed by atoms with van der Waals surface area (Å²) < 4.78 is 22.2. The van der Waals surface area contributed by atoms with Crippen LogP contribution in [0.3, 0.4) is 0 Å². The number of ether oxygens (including phenoxy) is 2. The first-order valence-electron chi connectivity index (χ1n) is 10.6. The van der Waals surface area contributed by atoms with Gasteiger partial charge in [-0.3, -0.25) is 4.79 Å². The number of furan rings is 1. The summed E-state index contributed by atoms with van der Waals surface area (Å²) in [7, 11) is 1.58. The van der Waals surface area contributed by atoms with Crippen molar-refractivity contribution in [2.24, 2.45) is 0 Å². The number of amides is 1. The number of methoxy groups -OCH3 is 1. The van der Waals surface area contributed by atoms with E-state index in [-0.39, 0.29) is 18.3 Å². The van der Waals surface area contributed by atoms with Crippen molar-refractivity contribution in [3.05, 3.63) is 77.5 Å². The number of para-hydroxylation sites is 3. The van der Waals surface area contributed by atoms with Crippen LogP contribution in [-0.4, -0.2) is 23.2 Å². The summed E-state index contributed by atoms with van der Waals surface area (Å²) in [6.45, 7) is 6.02. The molecule has 0 spiro atoms. The number of hydrogen-bond donors (Lipinski definition) is 1. The second-order valence-electron chi connectivity index (χ2n) is 7.77. The van der Waals surface area contributed by atoms with Crippen molar-refractivity contribution in [3.8, 4) is 23.0 Å². The van der Waals surface area contributed by atoms with Crippen LogP contribution in [0.15, 0.2) is 63.5 Å². The normalized spacial score (nSPS) is 10.9. The van der Waals surface area contributed by atoms with Gasteiger partial charge in [0, 0.05) is 5.92 Å². The Kier molecular flexibility index (Phi) is 6.44. The van der Waals surface area contributed by atoms with Crippen LogP contribution in [-0.2, 0) is 6.61 Å². The number of aromatic nitrogens is 2. The average Bonchev–Trinajstić information content (AvgIpc) is 3.49. The van der Waals surface area contributed by atoms with Crippen LogP contribution in [0.1, 0.15) is 47.5 Å². The number of aryl methyl sites for hydroxylation is 1. The summed E-state index contributed by atoms with van der Waals surface area (Å²) >= 11 is 0. The highest BCUT2D eigenvalue weighted by atomic mass is 16.5. The topological polar surface area (TPSA) is 99.6 Å². The van der Waals surface area contributed by atoms with E-state index in [4.69, 9.17) is 18.4 Å². The standard InChI is InChI=1S/C25H25N3O5/c1-15(2)23-27-25(33-28-23)18-9-7-8-16(3)22(18)26-24(29)21-13-12-17(32-21)14-31-20-11-6-5-10-19(20)30-4/h5-13,15H,14H2,1-4H3,(H,26,29). The molecule has 0 aliphatic heterocycles. The summed E-state index contributed by atoms with van der Waals surface area (Å²) in [6.07, 6.45) is 0. The highest BCUT2D eigenvalue weighted by Gasteiger charge is 2.20. The molecule has 0 radical (unpaired) electrons. The van der Waals surface area contributed by atoms with Gasteiger partial charge in [0.15, 0.2) is 23.1 Å². The number of carbonyl (C=O) groups excluding carboxylic acids is 1. The Morgan fingerprint density at radius 2 is 1.85 bits per heavy atom. The lowest BCUT2D eigenvalue weighted by atomic mass is 10.1. The first-order chi connectivity index (χ1) is 16.0. The molecule has 1 N–H and O–H groups in total. The van der Waals surface area contributed by atoms with E-state index >= 15 is 0 Å². The molecule has 1 amide bonds. The van der Waals surface area contributed by atoms with Gasteiger partial charge in [-0.25, -0.2) is 0 Å². The Morgan fingerprint density at radius 3 is 2.58 bits per heavy atom. The number of nitrogens with one attached hydrogen (secondary N) is 1. The SMILES string of the molecule is COc1ccccc1OCc1ccc(C(=O)Nc2c(C)cccc2-c2nc(C(C)C)no2)o1. The van der Waals surface area contributed by atoms with Crippen molar-refractivity contribution in [2.75, 3.05) is 12.4 Å². The molecule has 2 aromatic heterocycles. The minimum Gasteiger partial charge on any atom is -0.493 e. The molecule has 0 unspecified atom stereocenters. The third-order valence-electron chi connectivity index (χ3n) is 5.02. The highest BCUT2D eigenvalue weighted by Crippen LogP contribution is 2.31. The fourth-order valence-electron chi connectivity index (χ4n) is 3.23. The summed E-state index contributed by atoms with van der Waals surface area (Å²) in [6, 6.07) is 16.2. The Hall–Kier alpha value is -4.07. The number of rotatable bonds is 8. The van der Waals surface area contributed by atoms with Crippen molar-refractivity contribution in [3.63, 3.8) is 0 Å². The lowest BCUT2D eigenvalue weighted by Gasteiger charge is -2.11. The predicted molar refractivity (Wildman–Crippen MR) is 123 cm³/mol. The van der Waals surface area contributed by atoms with Crippen molar-refractivity contribution in [2.45, 2.75) is 33.3 Å². The van der Waals surface area contributed by atoms with E-state index in [1.54, 1.807) is 25.3 Å². The molecule has 4 aromatic rings. The zero-order chi connectivity index (χ0) is 23.4. The van der Waals surface area contributed by atoms with Gasteiger partial charge in [0.05, 0.1) is 18.4 Å². The quantitative estimate of drug-likeness (QED) is 0.375. The van der Waals surface area contributed by atoms with E-state index in [2.05, 4.69) is 15.5 Å². The minimum atomic E-state index is -0.391. The lowest BCUT2D eigenvalue weighted by molar-refractivity contribution is 0.0992. The molecule has 8 heteroatoms. The van der Waals surface area contributed by atoms with E-state index in [0.29, 0.717) is 40.2 Å². The smallest absolute Gasteiger partial charge is 0.291 e. The van der Waals surface area contributed by atoms with Crippen LogP contribution < -0.4 is 14.8 Å². The van der Waals surface area contributed by atoms with Crippen molar-refractivity contribution >= 4 is 11.6 Å². The second-order valence-corrected chi connectivity index (χ2v) is 7.77. The molecular weight excluding hydrogens is 422 g/mol. The number of carbonyl (C=O) groups is 1. The minimum absolute atomic E-state index is 0.130. The van der Waals surface area contributed by atoms with Gasteiger partial charge in [0.1, 0.15) is 12.4 Å². The molecule has 0 atom stereocenters. The van der Waals surface area contributed by atoms with E-state index < -0.39 is 5.91 Å². The number of hydrogen-bond acceptors (Lipinski definition) is 7. The maximum atomic E-state index is 12.9. The molecule has 8 nitrogen and oxygen atoms in total. The summed E-state index contributed by atoms with van der Waals surface area (Å²) in [5.74, 6) is 2.58. The van der Waals surface area contributed by atoms with Crippen LogP contribution in [0.5, 0.6) is 11.5 Å². The zero-order valence-electron chi connectivity index (χ0n) is 18.9. The fraction of sp³-hybridized carbons (Fsp3) is 0.240. The maximum Gasteiger partial charge on any atom is 0.291 e. The molecule has 0 saturated heterocycles. The zero-order valence-corrected chi connectivity index (χ0v) is 18.9. The largest absolute Gasteiger partial charge is 0.493 e. The van der Waals surface area contributed by atoms with Crippen LogP contribution in [0, 0.1) is 6.92 Å². The lowest BCUT2D eigenvalue weighted by Crippen LogP contribution is -2.13. The van der Waals surface area contributed by atoms with E-state index in [0.717, 1.165) is 5.56 Å². The molecule has 0 bridgehead atoms. The van der Waals surface area contributed by atoms with Crippen LogP contribution in [0.4, 0.5) is 5.69 Å². The molecule has 33 heavy (non-hydrogen) atoms. The monoisotopic (exact) mass is 447 g/mol. The van der Waals surface area contributed by atoms with Gasteiger partial charge in [-0.15, -0.1) is 0 Å². The van der Waals surface area contributed by atoms with Crippen molar-refractivity contribution in [1.29, 1.82) is 0 Å². The van der Waals surface area contributed by atoms with E-state index in [1.807, 2.05) is 57.2 Å². The summed E-state index contributed by atoms with van der Waals surface area (Å²) in [5.41, 5.74) is 2.09. The number of benzene rings is 2. The van der Waals surface area contributed by atoms with Gasteiger partial charge in [-0.1, -0.05) is 43.3 Å². The molecule has 0 saturated carbocycles. The number of nitrogens with zero attached hydrogens (tertiary/aromatic N) is 2. The van der Waals surface area contributed by atoms with Gasteiger partial charge in [-0.2, -0.15) is 4.98 Å². The van der Waals surface area contributed by atoms with Gasteiger partial charge in [-0.05, 0) is 42.8 Å². The van der Waals surface area contributed by atoms with Gasteiger partial charge < -0.3 is 23.7 Å². The van der Waals surface area contributed by atoms with Gasteiger partial charge in [0.25, 0.3) is 11.8 Å². The molecule has 2 aromatic carbocycles. The Balaban J connectivity index is 1.49. The van der Waals surface area contributed by atoms with E-state index in [1.165, 1.54) is 0 Å². The molecular formula is C25H25N3O5. The molecule has 0 aliphatic rings. The van der Waals surface area contributed by atoms with Crippen LogP contribution in [0.25, 0.3) is 11.5 Å².